The molecule has 71 heavy (non-hydrogen) atoms. The van der Waals surface area contributed by atoms with Crippen LogP contribution in [0.3, 0.4) is 0 Å². The van der Waals surface area contributed by atoms with Crippen molar-refractivity contribution >= 4 is 41.4 Å². The molecule has 2 saturated heterocycles. The van der Waals surface area contributed by atoms with Crippen molar-refractivity contribution in [3.8, 4) is 45.8 Å². The van der Waals surface area contributed by atoms with Gasteiger partial charge in [0.2, 0.25) is 11.8 Å². The SMILES string of the molecule is CC(C)(C)OC(=O)N1CCN(c2cc(C(N)=O)nc(-c3ccc(Oc4ccc(F)cc4)cc3)n2)C(C(N)=O)C1.NC(=O)c1cc(N2CCNCC2C(N)=O)nc(-c2ccc(Oc3ccc(F)cc3)cc2)n1. The Morgan fingerprint density at radius 3 is 1.38 bits per heavy atom. The molecule has 2 unspecified atom stereocenters. The minimum Gasteiger partial charge on any atom is -0.457 e. The van der Waals surface area contributed by atoms with Gasteiger partial charge in [-0.1, -0.05) is 0 Å². The van der Waals surface area contributed by atoms with Crippen LogP contribution in [0.15, 0.2) is 109 Å². The van der Waals surface area contributed by atoms with Crippen LogP contribution in [-0.4, -0.2) is 112 Å². The van der Waals surface area contributed by atoms with E-state index in [4.69, 9.17) is 37.1 Å². The van der Waals surface area contributed by atoms with Crippen molar-refractivity contribution in [2.75, 3.05) is 49.1 Å². The first-order chi connectivity index (χ1) is 33.8. The third kappa shape index (κ3) is 13.1. The number of hydrogen-bond acceptors (Lipinski definition) is 15. The number of anilines is 2. The fourth-order valence-corrected chi connectivity index (χ4v) is 7.32. The predicted molar refractivity (Wildman–Crippen MR) is 256 cm³/mol. The van der Waals surface area contributed by atoms with Gasteiger partial charge in [0, 0.05) is 56.0 Å². The van der Waals surface area contributed by atoms with Crippen molar-refractivity contribution in [1.82, 2.24) is 30.2 Å². The van der Waals surface area contributed by atoms with Gasteiger partial charge in [0.05, 0.1) is 6.54 Å². The number of halogens is 2. The van der Waals surface area contributed by atoms with E-state index in [0.717, 1.165) is 0 Å². The van der Waals surface area contributed by atoms with Crippen molar-refractivity contribution in [1.29, 1.82) is 0 Å². The van der Waals surface area contributed by atoms with Crippen LogP contribution >= 0.6 is 0 Å². The van der Waals surface area contributed by atoms with Gasteiger partial charge in [-0.05, 0) is 118 Å². The summed E-state index contributed by atoms with van der Waals surface area (Å²) in [5.41, 5.74) is 22.7. The number of primary amides is 4. The normalized spacial score (nSPS) is 15.7. The van der Waals surface area contributed by atoms with E-state index in [2.05, 4.69) is 25.3 Å². The molecule has 9 N–H and O–H groups in total. The van der Waals surface area contributed by atoms with E-state index >= 15 is 0 Å². The Morgan fingerprint density at radius 2 is 0.986 bits per heavy atom. The zero-order chi connectivity index (χ0) is 51.0. The first-order valence-electron chi connectivity index (χ1n) is 22.1. The standard InChI is InChI=1S/C27H29FN6O5.C22H21FN6O3/c1-27(2,3)39-26(37)33-12-13-34(21(15-33)24(30)36)22-14-20(23(29)35)31-25(32-22)16-4-8-18(9-5-16)38-19-10-6-17(28)7-11-19;23-14-3-7-16(8-4-14)32-15-5-1-13(2-6-15)22-27-17(20(24)30)11-19(28-22)29-10-9-26-12-18(29)21(25)31/h4-11,14,21H,12-13,15H2,1-3H3,(H2,29,35)(H2,30,36);1-8,11,18,26H,9-10,12H2,(H2,24,30)(H2,25,31). The lowest BCUT2D eigenvalue weighted by atomic mass is 10.1. The van der Waals surface area contributed by atoms with E-state index in [9.17, 15) is 32.8 Å². The van der Waals surface area contributed by atoms with E-state index in [1.165, 1.54) is 65.6 Å². The largest absolute Gasteiger partial charge is 0.457 e. The maximum atomic E-state index is 13.2. The Balaban J connectivity index is 0.000000213. The molecule has 4 aromatic carbocycles. The molecular weight excluding hydrogens is 923 g/mol. The number of carbonyl (C=O) groups is 5. The monoisotopic (exact) mass is 972 g/mol. The van der Waals surface area contributed by atoms with E-state index in [1.807, 2.05) is 0 Å². The Bertz CT molecular complexity index is 2910. The summed E-state index contributed by atoms with van der Waals surface area (Å²) in [6.07, 6.45) is -0.558. The molecule has 0 bridgehead atoms. The topological polar surface area (TPSA) is 290 Å². The van der Waals surface area contributed by atoms with Gasteiger partial charge in [-0.3, -0.25) is 19.2 Å². The van der Waals surface area contributed by atoms with E-state index in [1.54, 1.807) is 79.1 Å². The van der Waals surface area contributed by atoms with Gasteiger partial charge in [0.1, 0.15) is 75.3 Å². The molecule has 22 heteroatoms. The van der Waals surface area contributed by atoms with Crippen LogP contribution in [0.5, 0.6) is 23.0 Å². The van der Waals surface area contributed by atoms with Gasteiger partial charge >= 0.3 is 6.09 Å². The number of amides is 5. The molecule has 20 nitrogen and oxygen atoms in total. The summed E-state index contributed by atoms with van der Waals surface area (Å²) in [6, 6.07) is 26.2. The lowest BCUT2D eigenvalue weighted by Gasteiger charge is -2.40. The summed E-state index contributed by atoms with van der Waals surface area (Å²) in [4.78, 5) is 83.3. The van der Waals surface area contributed by atoms with Gasteiger partial charge in [-0.2, -0.15) is 0 Å². The predicted octanol–water partition coefficient (Wildman–Crippen LogP) is 4.52. The molecule has 6 aromatic rings. The van der Waals surface area contributed by atoms with Crippen molar-refractivity contribution < 1.29 is 47.0 Å². The van der Waals surface area contributed by atoms with Gasteiger partial charge in [-0.25, -0.2) is 33.5 Å². The quantitative estimate of drug-likeness (QED) is 0.113. The first kappa shape index (κ1) is 50.1. The Kier molecular flexibility index (Phi) is 15.3. The van der Waals surface area contributed by atoms with E-state index < -0.39 is 47.4 Å². The van der Waals surface area contributed by atoms with E-state index in [0.29, 0.717) is 59.6 Å². The summed E-state index contributed by atoms with van der Waals surface area (Å²) in [6.45, 7) is 7.15. The fraction of sp³-hybridized carbons (Fsp3) is 0.245. The maximum absolute atomic E-state index is 13.2. The highest BCUT2D eigenvalue weighted by molar-refractivity contribution is 5.93. The average Bonchev–Trinajstić information content (AvgIpc) is 3.35. The second kappa shape index (κ2) is 21.7. The first-order valence-corrected chi connectivity index (χ1v) is 22.1. The molecule has 0 spiro atoms. The highest BCUT2D eigenvalue weighted by Crippen LogP contribution is 2.30. The van der Waals surface area contributed by atoms with Crippen molar-refractivity contribution in [3.63, 3.8) is 0 Å². The molecule has 0 radical (unpaired) electrons. The van der Waals surface area contributed by atoms with Crippen LogP contribution < -0.4 is 47.5 Å². The number of ether oxygens (including phenoxy) is 3. The number of rotatable bonds is 12. The summed E-state index contributed by atoms with van der Waals surface area (Å²) in [7, 11) is 0. The van der Waals surface area contributed by atoms with Crippen LogP contribution in [0.2, 0.25) is 0 Å². The minimum absolute atomic E-state index is 0.0229. The van der Waals surface area contributed by atoms with Gasteiger partial charge in [0.15, 0.2) is 11.6 Å². The fourth-order valence-electron chi connectivity index (χ4n) is 7.32. The molecule has 2 aliphatic rings. The number of piperazine rings is 2. The summed E-state index contributed by atoms with van der Waals surface area (Å²) in [5, 5.41) is 3.12. The number of nitrogens with one attached hydrogen (secondary N) is 1. The Labute approximate surface area is 405 Å². The average molecular weight is 973 g/mol. The molecule has 2 fully saturated rings. The third-order valence-electron chi connectivity index (χ3n) is 10.8. The molecular formula is C49H50F2N12O8. The van der Waals surface area contributed by atoms with Crippen LogP contribution in [-0.2, 0) is 14.3 Å². The Hall–Kier alpha value is -8.79. The van der Waals surface area contributed by atoms with E-state index in [-0.39, 0.29) is 60.1 Å². The van der Waals surface area contributed by atoms with Crippen LogP contribution in [0.4, 0.5) is 25.2 Å². The Morgan fingerprint density at radius 1 is 0.577 bits per heavy atom. The summed E-state index contributed by atoms with van der Waals surface area (Å²) in [5.74, 6) is -0.310. The lowest BCUT2D eigenvalue weighted by molar-refractivity contribution is -0.120. The molecule has 0 saturated carbocycles. The second-order valence-electron chi connectivity index (χ2n) is 17.1. The molecule has 0 aliphatic carbocycles. The highest BCUT2D eigenvalue weighted by atomic mass is 19.1. The molecule has 8 rings (SSSR count). The molecule has 4 heterocycles. The number of aromatic nitrogens is 4. The second-order valence-corrected chi connectivity index (χ2v) is 17.1. The number of benzene rings is 4. The molecule has 368 valence electrons. The molecule has 2 aromatic heterocycles. The highest BCUT2D eigenvalue weighted by Gasteiger charge is 2.36. The molecule has 2 atom stereocenters. The van der Waals surface area contributed by atoms with Gasteiger partial charge in [-0.15, -0.1) is 0 Å². The molecule has 2 aliphatic heterocycles. The van der Waals surface area contributed by atoms with Crippen molar-refractivity contribution in [2.45, 2.75) is 38.5 Å². The lowest BCUT2D eigenvalue weighted by Crippen LogP contribution is -2.60. The summed E-state index contributed by atoms with van der Waals surface area (Å²) < 4.78 is 43.1. The minimum atomic E-state index is -0.929. The number of nitrogens with two attached hydrogens (primary N) is 4. The molecule has 5 amide bonds. The van der Waals surface area contributed by atoms with Crippen molar-refractivity contribution in [2.24, 2.45) is 22.9 Å². The number of hydrogen-bond donors (Lipinski definition) is 5. The third-order valence-corrected chi connectivity index (χ3v) is 10.8. The van der Waals surface area contributed by atoms with Crippen molar-refractivity contribution in [3.05, 3.63) is 132 Å². The van der Waals surface area contributed by atoms with Crippen LogP contribution in [0.1, 0.15) is 41.7 Å². The smallest absolute Gasteiger partial charge is 0.410 e. The maximum Gasteiger partial charge on any atom is 0.410 e. The van der Waals surface area contributed by atoms with Crippen LogP contribution in [0.25, 0.3) is 22.8 Å². The zero-order valence-electron chi connectivity index (χ0n) is 38.8. The summed E-state index contributed by atoms with van der Waals surface area (Å²) >= 11 is 0. The zero-order valence-corrected chi connectivity index (χ0v) is 38.8. The van der Waals surface area contributed by atoms with Crippen LogP contribution in [0, 0.1) is 11.6 Å². The number of nitrogens with zero attached hydrogens (tertiary/aromatic N) is 7. The van der Waals surface area contributed by atoms with Gasteiger partial charge in [0.25, 0.3) is 11.8 Å². The number of carbonyl (C=O) groups excluding carboxylic acids is 5. The van der Waals surface area contributed by atoms with Gasteiger partial charge < -0.3 is 57.2 Å².